The number of benzene rings is 1. The molecule has 0 atom stereocenters. The van der Waals surface area contributed by atoms with Crippen molar-refractivity contribution < 1.29 is 13.2 Å². The summed E-state index contributed by atoms with van der Waals surface area (Å²) < 4.78 is 29.8. The van der Waals surface area contributed by atoms with Crippen molar-refractivity contribution in [3.05, 3.63) is 54.4 Å². The van der Waals surface area contributed by atoms with E-state index in [1.807, 2.05) is 23.8 Å². The van der Waals surface area contributed by atoms with Crippen LogP contribution in [0.1, 0.15) is 18.3 Å². The Morgan fingerprint density at radius 3 is 2.38 bits per heavy atom. The van der Waals surface area contributed by atoms with Crippen LogP contribution in [0.4, 0.5) is 11.5 Å². The van der Waals surface area contributed by atoms with Crippen LogP contribution in [0.2, 0.25) is 0 Å². The number of nitrogens with one attached hydrogen (secondary N) is 1. The van der Waals surface area contributed by atoms with E-state index in [9.17, 15) is 13.2 Å². The summed E-state index contributed by atoms with van der Waals surface area (Å²) in [6, 6.07) is 6.71. The lowest BCUT2D eigenvalue weighted by Gasteiger charge is -2.35. The van der Waals surface area contributed by atoms with Gasteiger partial charge in [0.15, 0.2) is 0 Å². The van der Waals surface area contributed by atoms with Crippen LogP contribution in [0.5, 0.6) is 0 Å². The van der Waals surface area contributed by atoms with Gasteiger partial charge >= 0.3 is 0 Å². The van der Waals surface area contributed by atoms with Gasteiger partial charge in [-0.15, -0.1) is 0 Å². The van der Waals surface area contributed by atoms with E-state index >= 15 is 0 Å². The van der Waals surface area contributed by atoms with Crippen LogP contribution in [0.15, 0.2) is 47.9 Å². The lowest BCUT2D eigenvalue weighted by Crippen LogP contribution is -2.49. The molecule has 0 unspecified atom stereocenters. The molecule has 3 heterocycles. The summed E-state index contributed by atoms with van der Waals surface area (Å²) >= 11 is 0. The van der Waals surface area contributed by atoms with Crippen molar-refractivity contribution in [3.8, 4) is 5.82 Å². The molecule has 0 saturated carbocycles. The molecule has 1 aliphatic rings. The highest BCUT2D eigenvalue weighted by Gasteiger charge is 2.30. The molecule has 0 aliphatic carbocycles. The fraction of sp³-hybridized carbons (Fsp3) is 0.333. The van der Waals surface area contributed by atoms with Crippen molar-refractivity contribution in [1.82, 2.24) is 23.8 Å². The molecule has 0 radical (unpaired) electrons. The van der Waals surface area contributed by atoms with E-state index in [-0.39, 0.29) is 10.8 Å². The number of anilines is 2. The SMILES string of the molecule is CC(=O)Nc1ccc(S(=O)(=O)N2CCN(c3cc(-n4ccnc4)nc(C)n3)CC2)c(C)c1. The molecule has 1 N–H and O–H groups in total. The number of rotatable bonds is 5. The Hall–Kier alpha value is -3.31. The third-order valence-electron chi connectivity index (χ3n) is 5.26. The van der Waals surface area contributed by atoms with Crippen molar-refractivity contribution in [2.24, 2.45) is 0 Å². The molecule has 11 heteroatoms. The van der Waals surface area contributed by atoms with Gasteiger partial charge in [-0.1, -0.05) is 0 Å². The summed E-state index contributed by atoms with van der Waals surface area (Å²) in [5.74, 6) is 1.91. The largest absolute Gasteiger partial charge is 0.354 e. The molecular formula is C21H25N7O3S. The smallest absolute Gasteiger partial charge is 0.243 e. The van der Waals surface area contributed by atoms with Crippen molar-refractivity contribution in [1.29, 1.82) is 0 Å². The number of carbonyl (C=O) groups excluding carboxylic acids is 1. The van der Waals surface area contributed by atoms with Crippen LogP contribution in [0.25, 0.3) is 5.82 Å². The summed E-state index contributed by atoms with van der Waals surface area (Å²) in [5.41, 5.74) is 1.17. The van der Waals surface area contributed by atoms with Crippen LogP contribution >= 0.6 is 0 Å². The molecule has 10 nitrogen and oxygen atoms in total. The van der Waals surface area contributed by atoms with E-state index in [0.29, 0.717) is 43.3 Å². The molecule has 1 fully saturated rings. The van der Waals surface area contributed by atoms with Gasteiger partial charge in [0.25, 0.3) is 0 Å². The number of nitrogens with zero attached hydrogens (tertiary/aromatic N) is 6. The molecule has 1 aliphatic heterocycles. The van der Waals surface area contributed by atoms with E-state index in [0.717, 1.165) is 11.6 Å². The van der Waals surface area contributed by atoms with Crippen molar-refractivity contribution >= 4 is 27.4 Å². The Labute approximate surface area is 187 Å². The Morgan fingerprint density at radius 1 is 1.03 bits per heavy atom. The molecule has 0 spiro atoms. The number of aryl methyl sites for hydroxylation is 2. The highest BCUT2D eigenvalue weighted by atomic mass is 32.2. The monoisotopic (exact) mass is 455 g/mol. The van der Waals surface area contributed by atoms with Gasteiger partial charge in [0.2, 0.25) is 15.9 Å². The minimum atomic E-state index is -3.65. The predicted octanol–water partition coefficient (Wildman–Crippen LogP) is 1.75. The van der Waals surface area contributed by atoms with Gasteiger partial charge in [-0.2, -0.15) is 4.31 Å². The minimum absolute atomic E-state index is 0.202. The summed E-state index contributed by atoms with van der Waals surface area (Å²) in [5, 5.41) is 2.68. The van der Waals surface area contributed by atoms with Gasteiger partial charge in [-0.25, -0.2) is 23.4 Å². The van der Waals surface area contributed by atoms with Gasteiger partial charge in [0, 0.05) is 57.3 Å². The van der Waals surface area contributed by atoms with Crippen LogP contribution < -0.4 is 10.2 Å². The maximum Gasteiger partial charge on any atom is 0.243 e. The van der Waals surface area contributed by atoms with Crippen molar-refractivity contribution in [2.75, 3.05) is 36.4 Å². The average molecular weight is 456 g/mol. The molecule has 2 aromatic heterocycles. The summed E-state index contributed by atoms with van der Waals surface area (Å²) in [6.07, 6.45) is 5.18. The first-order valence-corrected chi connectivity index (χ1v) is 11.7. The molecule has 0 bridgehead atoms. The zero-order chi connectivity index (χ0) is 22.9. The number of aromatic nitrogens is 4. The van der Waals surface area contributed by atoms with Gasteiger partial charge in [-0.05, 0) is 37.6 Å². The quantitative estimate of drug-likeness (QED) is 0.623. The number of piperazine rings is 1. The number of hydrogen-bond donors (Lipinski definition) is 1. The van der Waals surface area contributed by atoms with Crippen molar-refractivity contribution in [2.45, 2.75) is 25.7 Å². The Balaban J connectivity index is 1.50. The van der Waals surface area contributed by atoms with Crippen LogP contribution in [-0.2, 0) is 14.8 Å². The van der Waals surface area contributed by atoms with Crippen LogP contribution in [0, 0.1) is 13.8 Å². The molecule has 4 rings (SSSR count). The normalized spacial score (nSPS) is 15.0. The Kier molecular flexibility index (Phi) is 5.94. The molecule has 1 aromatic carbocycles. The number of imidazole rings is 1. The third kappa shape index (κ3) is 4.48. The minimum Gasteiger partial charge on any atom is -0.354 e. The molecule has 1 amide bonds. The lowest BCUT2D eigenvalue weighted by molar-refractivity contribution is -0.114. The Bertz CT molecular complexity index is 1230. The molecule has 168 valence electrons. The van der Waals surface area contributed by atoms with Gasteiger partial charge in [0.05, 0.1) is 4.90 Å². The predicted molar refractivity (Wildman–Crippen MR) is 120 cm³/mol. The zero-order valence-electron chi connectivity index (χ0n) is 18.2. The molecule has 3 aromatic rings. The number of carbonyl (C=O) groups is 1. The van der Waals surface area contributed by atoms with Crippen LogP contribution in [0.3, 0.4) is 0 Å². The second kappa shape index (κ2) is 8.67. The van der Waals surface area contributed by atoms with E-state index in [4.69, 9.17) is 0 Å². The maximum atomic E-state index is 13.2. The highest BCUT2D eigenvalue weighted by molar-refractivity contribution is 7.89. The van der Waals surface area contributed by atoms with Gasteiger partial charge in [-0.3, -0.25) is 9.36 Å². The first-order chi connectivity index (χ1) is 15.2. The average Bonchev–Trinajstić information content (AvgIpc) is 3.28. The molecule has 1 saturated heterocycles. The van der Waals surface area contributed by atoms with Crippen LogP contribution in [-0.4, -0.2) is 64.3 Å². The first-order valence-electron chi connectivity index (χ1n) is 10.2. The molecular weight excluding hydrogens is 430 g/mol. The number of amides is 1. The summed E-state index contributed by atoms with van der Waals surface area (Å²) in [4.78, 5) is 26.6. The summed E-state index contributed by atoms with van der Waals surface area (Å²) in [7, 11) is -3.65. The summed E-state index contributed by atoms with van der Waals surface area (Å²) in [6.45, 7) is 6.70. The maximum absolute atomic E-state index is 13.2. The van der Waals surface area contributed by atoms with E-state index in [2.05, 4.69) is 25.2 Å². The fourth-order valence-corrected chi connectivity index (χ4v) is 5.37. The highest BCUT2D eigenvalue weighted by Crippen LogP contribution is 2.25. The third-order valence-corrected chi connectivity index (χ3v) is 7.31. The van der Waals surface area contributed by atoms with E-state index < -0.39 is 10.0 Å². The van der Waals surface area contributed by atoms with Crippen molar-refractivity contribution in [3.63, 3.8) is 0 Å². The molecule has 32 heavy (non-hydrogen) atoms. The second-order valence-electron chi connectivity index (χ2n) is 7.65. The van der Waals surface area contributed by atoms with E-state index in [1.165, 1.54) is 11.2 Å². The van der Waals surface area contributed by atoms with E-state index in [1.54, 1.807) is 37.6 Å². The second-order valence-corrected chi connectivity index (χ2v) is 9.56. The zero-order valence-corrected chi connectivity index (χ0v) is 19.0. The van der Waals surface area contributed by atoms with Gasteiger partial charge < -0.3 is 10.2 Å². The topological polar surface area (TPSA) is 113 Å². The fourth-order valence-electron chi connectivity index (χ4n) is 3.74. The standard InChI is InChI=1S/C21H25N7O3S/c1-15-12-18(25-17(3)29)4-5-19(15)32(30,31)28-10-8-26(9-11-28)20-13-21(24-16(2)23-20)27-7-6-22-14-27/h4-7,12-14H,8-11H2,1-3H3,(H,25,29). The van der Waals surface area contributed by atoms with Gasteiger partial charge in [0.1, 0.15) is 23.8 Å². The Morgan fingerprint density at radius 2 is 1.75 bits per heavy atom. The number of hydrogen-bond acceptors (Lipinski definition) is 7. The first kappa shape index (κ1) is 21.9. The lowest BCUT2D eigenvalue weighted by atomic mass is 10.2. The number of sulfonamides is 1.